The maximum atomic E-state index is 10.3. The van der Waals surface area contributed by atoms with Gasteiger partial charge in [0.05, 0.1) is 12.0 Å². The van der Waals surface area contributed by atoms with E-state index in [4.69, 9.17) is 16.3 Å². The summed E-state index contributed by atoms with van der Waals surface area (Å²) < 4.78 is 5.11. The summed E-state index contributed by atoms with van der Waals surface area (Å²) in [7, 11) is 0. The van der Waals surface area contributed by atoms with Gasteiger partial charge in [0.1, 0.15) is 6.61 Å². The van der Waals surface area contributed by atoms with E-state index in [2.05, 4.69) is 5.92 Å². The van der Waals surface area contributed by atoms with E-state index in [9.17, 15) is 4.79 Å². The minimum atomic E-state index is -0.731. The van der Waals surface area contributed by atoms with E-state index in [1.807, 2.05) is 0 Å². The second-order valence-corrected chi connectivity index (χ2v) is 2.64. The Morgan fingerprint density at radius 3 is 2.82 bits per heavy atom. The van der Waals surface area contributed by atoms with Crippen LogP contribution in [0.2, 0.25) is 0 Å². The summed E-state index contributed by atoms with van der Waals surface area (Å²) in [5.74, 6) is 1.40. The van der Waals surface area contributed by atoms with Crippen LogP contribution in [0.5, 0.6) is 0 Å². The predicted octanol–water partition coefficient (Wildman–Crippen LogP) is 0.499. The second-order valence-electron chi connectivity index (χ2n) is 2.64. The third-order valence-electron chi connectivity index (χ3n) is 1.85. The molecule has 0 aromatic rings. The normalized spacial score (nSPS) is 28.6. The number of rotatable bonds is 3. The molecule has 3 nitrogen and oxygen atoms in total. The summed E-state index contributed by atoms with van der Waals surface area (Å²) in [5, 5.41) is 8.48. The van der Waals surface area contributed by atoms with E-state index >= 15 is 0 Å². The zero-order valence-corrected chi connectivity index (χ0v) is 6.12. The Balaban J connectivity index is 2.10. The predicted molar refractivity (Wildman–Crippen MR) is 38.9 cm³/mol. The first-order chi connectivity index (χ1) is 5.24. The number of hydrogen-bond acceptors (Lipinski definition) is 2. The molecule has 0 radical (unpaired) electrons. The summed E-state index contributed by atoms with van der Waals surface area (Å²) in [4.78, 5) is 10.3. The fraction of sp³-hybridized carbons (Fsp3) is 0.625. The van der Waals surface area contributed by atoms with E-state index in [0.29, 0.717) is 12.8 Å². The molecule has 1 saturated carbocycles. The van der Waals surface area contributed by atoms with Crippen molar-refractivity contribution >= 4 is 5.97 Å². The molecular formula is C8H10O3. The van der Waals surface area contributed by atoms with Crippen LogP contribution in [-0.2, 0) is 9.53 Å². The Morgan fingerprint density at radius 2 is 2.36 bits per heavy atom. The van der Waals surface area contributed by atoms with Crippen LogP contribution in [0.25, 0.3) is 0 Å². The van der Waals surface area contributed by atoms with Gasteiger partial charge in [-0.2, -0.15) is 0 Å². The Bertz CT molecular complexity index is 186. The Labute approximate surface area is 65.4 Å². The number of carboxylic acid groups (broad SMARTS) is 1. The lowest BCUT2D eigenvalue weighted by atomic mass is 9.82. The Morgan fingerprint density at radius 1 is 1.73 bits per heavy atom. The molecule has 0 atom stereocenters. The number of carbonyl (C=O) groups is 1. The van der Waals surface area contributed by atoms with E-state index in [0.717, 1.165) is 0 Å². The van der Waals surface area contributed by atoms with Crippen LogP contribution >= 0.6 is 0 Å². The van der Waals surface area contributed by atoms with Crippen LogP contribution in [0.3, 0.4) is 0 Å². The minimum Gasteiger partial charge on any atom is -0.481 e. The Kier molecular flexibility index (Phi) is 2.50. The van der Waals surface area contributed by atoms with Gasteiger partial charge in [-0.15, -0.1) is 6.42 Å². The molecule has 0 bridgehead atoms. The fourth-order valence-corrected chi connectivity index (χ4v) is 1.07. The van der Waals surface area contributed by atoms with Crippen LogP contribution < -0.4 is 0 Å². The highest BCUT2D eigenvalue weighted by Gasteiger charge is 2.34. The van der Waals surface area contributed by atoms with Crippen LogP contribution in [0.4, 0.5) is 0 Å². The molecule has 0 spiro atoms. The SMILES string of the molecule is C#CCOC1CC(C(=O)O)C1. The molecule has 0 unspecified atom stereocenters. The first-order valence-electron chi connectivity index (χ1n) is 3.52. The third kappa shape index (κ3) is 1.95. The first kappa shape index (κ1) is 8.09. The van der Waals surface area contributed by atoms with Crippen molar-refractivity contribution in [3.63, 3.8) is 0 Å². The molecule has 0 saturated heterocycles. The van der Waals surface area contributed by atoms with Gasteiger partial charge in [-0.25, -0.2) is 0 Å². The summed E-state index contributed by atoms with van der Waals surface area (Å²) in [5.41, 5.74) is 0. The van der Waals surface area contributed by atoms with Crippen molar-refractivity contribution in [2.45, 2.75) is 18.9 Å². The third-order valence-corrected chi connectivity index (χ3v) is 1.85. The molecule has 11 heavy (non-hydrogen) atoms. The van der Waals surface area contributed by atoms with E-state index < -0.39 is 5.97 Å². The minimum absolute atomic E-state index is 0.0761. The average molecular weight is 154 g/mol. The zero-order chi connectivity index (χ0) is 8.27. The average Bonchev–Trinajstić information content (AvgIpc) is 1.84. The molecule has 60 valence electrons. The van der Waals surface area contributed by atoms with E-state index in [1.165, 1.54) is 0 Å². The molecule has 1 aliphatic rings. The highest BCUT2D eigenvalue weighted by Crippen LogP contribution is 2.29. The molecule has 0 aliphatic heterocycles. The molecule has 1 aliphatic carbocycles. The molecule has 1 rings (SSSR count). The molecular weight excluding hydrogens is 144 g/mol. The van der Waals surface area contributed by atoms with Gasteiger partial charge in [-0.05, 0) is 12.8 Å². The van der Waals surface area contributed by atoms with Crippen molar-refractivity contribution in [2.75, 3.05) is 6.61 Å². The van der Waals surface area contributed by atoms with Gasteiger partial charge >= 0.3 is 5.97 Å². The van der Waals surface area contributed by atoms with E-state index in [-0.39, 0.29) is 18.6 Å². The van der Waals surface area contributed by atoms with Crippen molar-refractivity contribution < 1.29 is 14.6 Å². The summed E-state index contributed by atoms with van der Waals surface area (Å²) in [6.45, 7) is 0.289. The lowest BCUT2D eigenvalue weighted by Crippen LogP contribution is -2.36. The first-order valence-corrected chi connectivity index (χ1v) is 3.52. The monoisotopic (exact) mass is 154 g/mol. The van der Waals surface area contributed by atoms with Crippen molar-refractivity contribution in [1.29, 1.82) is 0 Å². The summed E-state index contributed by atoms with van der Waals surface area (Å²) >= 11 is 0. The van der Waals surface area contributed by atoms with E-state index in [1.54, 1.807) is 0 Å². The number of ether oxygens (including phenoxy) is 1. The van der Waals surface area contributed by atoms with Crippen molar-refractivity contribution in [1.82, 2.24) is 0 Å². The number of terminal acetylenes is 1. The summed E-state index contributed by atoms with van der Waals surface area (Å²) in [6, 6.07) is 0. The number of carboxylic acids is 1. The highest BCUT2D eigenvalue weighted by atomic mass is 16.5. The van der Waals surface area contributed by atoms with Crippen LogP contribution in [-0.4, -0.2) is 23.8 Å². The van der Waals surface area contributed by atoms with Crippen molar-refractivity contribution in [3.8, 4) is 12.3 Å². The molecule has 0 amide bonds. The largest absolute Gasteiger partial charge is 0.481 e. The van der Waals surface area contributed by atoms with Gasteiger partial charge in [0.25, 0.3) is 0 Å². The van der Waals surface area contributed by atoms with Crippen LogP contribution in [0, 0.1) is 18.3 Å². The standard InChI is InChI=1S/C8H10O3/c1-2-3-11-7-4-6(5-7)8(9)10/h1,6-7H,3-5H2,(H,9,10). The van der Waals surface area contributed by atoms with Gasteiger partial charge < -0.3 is 9.84 Å². The highest BCUT2D eigenvalue weighted by molar-refractivity contribution is 5.71. The van der Waals surface area contributed by atoms with Crippen molar-refractivity contribution in [3.05, 3.63) is 0 Å². The van der Waals surface area contributed by atoms with Gasteiger partial charge in [-0.3, -0.25) is 4.79 Å². The van der Waals surface area contributed by atoms with Crippen LogP contribution in [0.1, 0.15) is 12.8 Å². The maximum absolute atomic E-state index is 10.3. The number of aliphatic carboxylic acids is 1. The van der Waals surface area contributed by atoms with Crippen LogP contribution in [0.15, 0.2) is 0 Å². The maximum Gasteiger partial charge on any atom is 0.306 e. The molecule has 1 N–H and O–H groups in total. The lowest BCUT2D eigenvalue weighted by molar-refractivity contribution is -0.150. The zero-order valence-electron chi connectivity index (χ0n) is 6.12. The summed E-state index contributed by atoms with van der Waals surface area (Å²) in [6.07, 6.45) is 6.25. The molecule has 0 heterocycles. The molecule has 3 heteroatoms. The molecule has 1 fully saturated rings. The fourth-order valence-electron chi connectivity index (χ4n) is 1.07. The van der Waals surface area contributed by atoms with Crippen molar-refractivity contribution in [2.24, 2.45) is 5.92 Å². The Hall–Kier alpha value is -1.01. The lowest BCUT2D eigenvalue weighted by Gasteiger charge is -2.31. The van der Waals surface area contributed by atoms with Gasteiger partial charge in [-0.1, -0.05) is 5.92 Å². The quantitative estimate of drug-likeness (QED) is 0.602. The molecule has 0 aromatic carbocycles. The topological polar surface area (TPSA) is 46.5 Å². The molecule has 0 aromatic heterocycles. The van der Waals surface area contributed by atoms with Gasteiger partial charge in [0.15, 0.2) is 0 Å². The second kappa shape index (κ2) is 3.40. The van der Waals surface area contributed by atoms with Gasteiger partial charge in [0.2, 0.25) is 0 Å². The smallest absolute Gasteiger partial charge is 0.306 e. The van der Waals surface area contributed by atoms with Gasteiger partial charge in [0, 0.05) is 0 Å². The number of hydrogen-bond donors (Lipinski definition) is 1.